The summed E-state index contributed by atoms with van der Waals surface area (Å²) in [4.78, 5) is 0. The lowest BCUT2D eigenvalue weighted by atomic mass is 9.56. The van der Waals surface area contributed by atoms with Gasteiger partial charge in [0, 0.05) is 0 Å². The second-order valence-electron chi connectivity index (χ2n) is 29.1. The van der Waals surface area contributed by atoms with Crippen LogP contribution < -0.4 is 0 Å². The van der Waals surface area contributed by atoms with Crippen molar-refractivity contribution in [3.05, 3.63) is 36.5 Å². The average molecular weight is 946 g/mol. The van der Waals surface area contributed by atoms with Crippen LogP contribution in [0.4, 0.5) is 0 Å². The van der Waals surface area contributed by atoms with E-state index in [9.17, 15) is 0 Å². The number of rotatable bonds is 0. The lowest BCUT2D eigenvalue weighted by Gasteiger charge is -2.49. The fourth-order valence-electron chi connectivity index (χ4n) is 18.5. The van der Waals surface area contributed by atoms with Crippen LogP contribution in [0.1, 0.15) is 353 Å². The molecule has 0 aromatic rings. The molecule has 16 aliphatic rings. The van der Waals surface area contributed by atoms with Crippen molar-refractivity contribution in [2.45, 2.75) is 353 Å². The van der Waals surface area contributed by atoms with E-state index < -0.39 is 0 Å². The Morgan fingerprint density at radius 1 is 0.159 bits per heavy atom. The Hall–Kier alpha value is -0.780. The second kappa shape index (κ2) is 25.2. The first-order chi connectivity index (χ1) is 33.8. The largest absolute Gasteiger partial charge is 0.0880 e. The Labute approximate surface area is 430 Å². The van der Waals surface area contributed by atoms with Crippen molar-refractivity contribution in [1.82, 2.24) is 0 Å². The van der Waals surface area contributed by atoms with E-state index in [0.29, 0.717) is 0 Å². The highest BCUT2D eigenvalue weighted by molar-refractivity contribution is 5.11. The van der Waals surface area contributed by atoms with Crippen molar-refractivity contribution in [3.8, 4) is 0 Å². The summed E-state index contributed by atoms with van der Waals surface area (Å²) < 4.78 is 0. The zero-order valence-electron chi connectivity index (χ0n) is 46.4. The van der Waals surface area contributed by atoms with Crippen LogP contribution in [0.2, 0.25) is 0 Å². The van der Waals surface area contributed by atoms with Gasteiger partial charge in [-0.25, -0.2) is 0 Å². The summed E-state index contributed by atoms with van der Waals surface area (Å²) >= 11 is 0. The highest BCUT2D eigenvalue weighted by Gasteiger charge is 2.43. The molecule has 13 saturated carbocycles. The Balaban J connectivity index is 0.0000000983. The lowest BCUT2D eigenvalue weighted by molar-refractivity contribution is 0.0314. The molecule has 0 N–H and O–H groups in total. The van der Waals surface area contributed by atoms with Crippen LogP contribution in [0.5, 0.6) is 0 Å². The molecule has 0 radical (unpaired) electrons. The fraction of sp³-hybridized carbons (Fsp3) is 0.913. The Kier molecular flexibility index (Phi) is 19.4. The van der Waals surface area contributed by atoms with Crippen LogP contribution in [0.3, 0.4) is 0 Å². The minimum atomic E-state index is 0.720. The third kappa shape index (κ3) is 14.5. The summed E-state index contributed by atoms with van der Waals surface area (Å²) in [5.41, 5.74) is 6.76. The third-order valence-corrected chi connectivity index (χ3v) is 24.6. The fourth-order valence-corrected chi connectivity index (χ4v) is 18.5. The summed E-state index contributed by atoms with van der Waals surface area (Å²) in [6.07, 6.45) is 97.7. The normalized spacial score (nSPS) is 31.7. The van der Waals surface area contributed by atoms with Crippen LogP contribution in [-0.2, 0) is 0 Å². The monoisotopic (exact) mass is 945 g/mol. The Morgan fingerprint density at radius 2 is 0.391 bits per heavy atom. The van der Waals surface area contributed by atoms with Gasteiger partial charge in [0.2, 0.25) is 0 Å². The van der Waals surface area contributed by atoms with Gasteiger partial charge in [-0.3, -0.25) is 0 Å². The topological polar surface area (TPSA) is 0 Å². The maximum atomic E-state index is 2.47. The van der Waals surface area contributed by atoms with Crippen molar-refractivity contribution >= 4 is 0 Å². The highest BCUT2D eigenvalue weighted by Crippen LogP contribution is 2.57. The SMILES string of the molecule is C1=CC2(CC1)CCC2.C1=CC2(CCC1)CCC2.C1=CCC2(C1)CCCC2.C1CC2(C1)CCC2.C1CCC2(C1)CCC2.C1CCC2(C1)CCCC2.C1CCC2(CC1)CCC2.C1CCC2(CC1)CCCC2. The van der Waals surface area contributed by atoms with Crippen LogP contribution in [0.25, 0.3) is 0 Å². The molecular formula is C69H116. The van der Waals surface area contributed by atoms with E-state index in [0.717, 1.165) is 43.3 Å². The van der Waals surface area contributed by atoms with E-state index in [4.69, 9.17) is 0 Å². The summed E-state index contributed by atoms with van der Waals surface area (Å²) in [6.45, 7) is 0. The molecule has 16 aliphatic carbocycles. The first-order valence-electron chi connectivity index (χ1n) is 32.8. The van der Waals surface area contributed by atoms with Gasteiger partial charge in [-0.15, -0.1) is 0 Å². The van der Waals surface area contributed by atoms with E-state index in [1.807, 2.05) is 0 Å². The molecule has 0 heterocycles. The van der Waals surface area contributed by atoms with Gasteiger partial charge in [0.25, 0.3) is 0 Å². The van der Waals surface area contributed by atoms with E-state index in [1.54, 1.807) is 128 Å². The van der Waals surface area contributed by atoms with Crippen molar-refractivity contribution in [2.24, 2.45) is 43.3 Å². The molecule has 0 amide bonds. The molecule has 0 atom stereocenters. The molecule has 0 aliphatic heterocycles. The van der Waals surface area contributed by atoms with Crippen molar-refractivity contribution < 1.29 is 0 Å². The van der Waals surface area contributed by atoms with Gasteiger partial charge in [-0.1, -0.05) is 178 Å². The zero-order chi connectivity index (χ0) is 47.1. The minimum Gasteiger partial charge on any atom is -0.0880 e. The number of hydrogen-bond acceptors (Lipinski definition) is 0. The van der Waals surface area contributed by atoms with Gasteiger partial charge in [-0.2, -0.15) is 0 Å². The molecule has 392 valence electrons. The standard InChI is InChI=1S/C10H18.C9H16.C9H14.C9H16.C9H14.C8H14.C8H12.C7H12/c1-2-6-10(7-3-1)8-4-5-9-10;2*1-2-6-9(5-1)7-3-4-8-9;2*1-2-5-9(6-3-1)7-4-8-9;2*1-2-5-8(4-1)6-3-7-8;1-3-7(4-1)5-2-6-7/h1-9H2;1-8H2;1-2H,3-8H2;1-8H2;2,5H,1,3-4,6-8H2;1-7H2;1,4H,2-3,5-7H2;1-6H2. The molecule has 0 aromatic carbocycles. The molecule has 69 heavy (non-hydrogen) atoms. The summed E-state index contributed by atoms with van der Waals surface area (Å²) in [5, 5.41) is 0. The maximum absolute atomic E-state index is 2.47. The maximum Gasteiger partial charge on any atom is -0.0115 e. The minimum absolute atomic E-state index is 0.720. The van der Waals surface area contributed by atoms with E-state index in [-0.39, 0.29) is 0 Å². The zero-order valence-corrected chi connectivity index (χ0v) is 46.4. The number of hydrogen-bond donors (Lipinski definition) is 0. The highest BCUT2D eigenvalue weighted by atomic mass is 14.5. The van der Waals surface area contributed by atoms with Gasteiger partial charge in [0.05, 0.1) is 0 Å². The van der Waals surface area contributed by atoms with Crippen molar-refractivity contribution in [3.63, 3.8) is 0 Å². The molecule has 0 saturated heterocycles. The summed E-state index contributed by atoms with van der Waals surface area (Å²) in [6, 6.07) is 0. The summed E-state index contributed by atoms with van der Waals surface area (Å²) in [5.74, 6) is 0. The Morgan fingerprint density at radius 3 is 0.594 bits per heavy atom. The first kappa shape index (κ1) is 53.1. The predicted molar refractivity (Wildman–Crippen MR) is 301 cm³/mol. The number of allylic oxidation sites excluding steroid dienone is 6. The third-order valence-electron chi connectivity index (χ3n) is 24.6. The molecule has 13 fully saturated rings. The molecule has 0 bridgehead atoms. The predicted octanol–water partition coefficient (Wildman–Crippen LogP) is 23.1. The van der Waals surface area contributed by atoms with Crippen LogP contribution in [-0.4, -0.2) is 0 Å². The molecule has 0 unspecified atom stereocenters. The average Bonchev–Trinajstić information content (AvgIpc) is 4.19. The van der Waals surface area contributed by atoms with Crippen molar-refractivity contribution in [1.29, 1.82) is 0 Å². The quantitative estimate of drug-likeness (QED) is 0.212. The molecule has 0 nitrogen and oxygen atoms in total. The van der Waals surface area contributed by atoms with Gasteiger partial charge in [0.1, 0.15) is 0 Å². The first-order valence-corrected chi connectivity index (χ1v) is 32.8. The second-order valence-corrected chi connectivity index (χ2v) is 29.1. The van der Waals surface area contributed by atoms with E-state index in [1.165, 1.54) is 225 Å². The van der Waals surface area contributed by atoms with Gasteiger partial charge < -0.3 is 0 Å². The Bertz CT molecular complexity index is 1470. The van der Waals surface area contributed by atoms with E-state index in [2.05, 4.69) is 36.5 Å². The van der Waals surface area contributed by atoms with Crippen LogP contribution >= 0.6 is 0 Å². The lowest BCUT2D eigenvalue weighted by Crippen LogP contribution is -2.35. The molecule has 16 rings (SSSR count). The van der Waals surface area contributed by atoms with Crippen LogP contribution in [0, 0.1) is 43.3 Å². The molecule has 8 spiro atoms. The molecular weight excluding hydrogens is 829 g/mol. The molecule has 0 heteroatoms. The smallest absolute Gasteiger partial charge is 0.0115 e. The van der Waals surface area contributed by atoms with Gasteiger partial charge >= 0.3 is 0 Å². The van der Waals surface area contributed by atoms with E-state index >= 15 is 0 Å². The van der Waals surface area contributed by atoms with Crippen molar-refractivity contribution in [2.75, 3.05) is 0 Å². The summed E-state index contributed by atoms with van der Waals surface area (Å²) in [7, 11) is 0. The van der Waals surface area contributed by atoms with Gasteiger partial charge in [0.15, 0.2) is 0 Å². The van der Waals surface area contributed by atoms with Crippen LogP contribution in [0.15, 0.2) is 36.5 Å². The molecule has 0 aromatic heterocycles. The van der Waals surface area contributed by atoms with Gasteiger partial charge in [-0.05, 0) is 255 Å².